The second-order valence-corrected chi connectivity index (χ2v) is 14.6. The molecule has 1 saturated heterocycles. The summed E-state index contributed by atoms with van der Waals surface area (Å²) in [6.45, 7) is 8.37. The van der Waals surface area contributed by atoms with Crippen LogP contribution in [-0.4, -0.2) is 67.0 Å². The summed E-state index contributed by atoms with van der Waals surface area (Å²) in [4.78, 5) is 20.1. The number of amides is 1. The zero-order valence-corrected chi connectivity index (χ0v) is 26.0. The molecule has 1 aliphatic heterocycles. The van der Waals surface area contributed by atoms with Crippen LogP contribution in [0.2, 0.25) is 0 Å². The maximum Gasteiger partial charge on any atom is 0.241 e. The van der Waals surface area contributed by atoms with Crippen molar-refractivity contribution < 1.29 is 28.3 Å². The van der Waals surface area contributed by atoms with Crippen LogP contribution in [0.5, 0.6) is 0 Å². The van der Waals surface area contributed by atoms with Crippen LogP contribution >= 0.6 is 0 Å². The van der Waals surface area contributed by atoms with E-state index in [0.29, 0.717) is 28.7 Å². The van der Waals surface area contributed by atoms with Gasteiger partial charge in [-0.15, -0.1) is 0 Å². The summed E-state index contributed by atoms with van der Waals surface area (Å²) in [5, 5.41) is 25.6. The molecule has 1 amide bonds. The van der Waals surface area contributed by atoms with E-state index >= 15 is 0 Å². The zero-order valence-electron chi connectivity index (χ0n) is 25.2. The number of hydrogen-bond acceptors (Lipinski definition) is 7. The van der Waals surface area contributed by atoms with Crippen LogP contribution < -0.4 is 10.0 Å². The lowest BCUT2D eigenvalue weighted by molar-refractivity contribution is -0.183. The maximum atomic E-state index is 13.8. The lowest BCUT2D eigenvalue weighted by atomic mass is 9.45. The highest BCUT2D eigenvalue weighted by atomic mass is 32.2. The van der Waals surface area contributed by atoms with E-state index in [1.165, 1.54) is 18.6 Å². The fraction of sp³-hybridized carbons (Fsp3) is 0.545. The Morgan fingerprint density at radius 2 is 1.91 bits per heavy atom. The van der Waals surface area contributed by atoms with E-state index < -0.39 is 34.2 Å². The number of nitrogens with zero attached hydrogens (tertiary/aromatic N) is 1. The largest absolute Gasteiger partial charge is 0.394 e. The third-order valence-electron chi connectivity index (χ3n) is 9.96. The smallest absolute Gasteiger partial charge is 0.241 e. The number of fused-ring (bicyclic) bond motifs is 2. The minimum Gasteiger partial charge on any atom is -0.394 e. The van der Waals surface area contributed by atoms with E-state index in [0.717, 1.165) is 12.0 Å². The fourth-order valence-corrected chi connectivity index (χ4v) is 8.32. The van der Waals surface area contributed by atoms with Crippen molar-refractivity contribution in [3.8, 4) is 11.8 Å². The first-order valence-electron chi connectivity index (χ1n) is 15.1. The Hall–Kier alpha value is -2.78. The maximum absolute atomic E-state index is 13.8. The third kappa shape index (κ3) is 6.53. The molecule has 3 saturated carbocycles. The van der Waals surface area contributed by atoms with Crippen molar-refractivity contribution in [1.82, 2.24) is 15.1 Å². The van der Waals surface area contributed by atoms with Crippen molar-refractivity contribution >= 4 is 15.9 Å². The van der Waals surface area contributed by atoms with Gasteiger partial charge in [0.2, 0.25) is 15.9 Å². The molecule has 0 radical (unpaired) electrons. The average Bonchev–Trinajstić information content (AvgIpc) is 3.35. The second-order valence-electron chi connectivity index (χ2n) is 12.9. The Morgan fingerprint density at radius 1 is 1.16 bits per heavy atom. The highest BCUT2D eigenvalue weighted by molar-refractivity contribution is 7.89. The van der Waals surface area contributed by atoms with Crippen molar-refractivity contribution in [2.75, 3.05) is 13.2 Å². The highest BCUT2D eigenvalue weighted by Crippen LogP contribution is 2.61. The molecule has 43 heavy (non-hydrogen) atoms. The Labute approximate surface area is 255 Å². The van der Waals surface area contributed by atoms with Gasteiger partial charge in [-0.05, 0) is 72.8 Å². The number of sulfonamides is 1. The Morgan fingerprint density at radius 3 is 2.56 bits per heavy atom. The van der Waals surface area contributed by atoms with E-state index in [4.69, 9.17) is 4.84 Å². The number of benzene rings is 2. The summed E-state index contributed by atoms with van der Waals surface area (Å²) in [7, 11) is -3.65. The van der Waals surface area contributed by atoms with Gasteiger partial charge in [-0.2, -0.15) is 9.79 Å². The van der Waals surface area contributed by atoms with Gasteiger partial charge < -0.3 is 15.5 Å². The van der Waals surface area contributed by atoms with Crippen molar-refractivity contribution in [2.24, 2.45) is 29.1 Å². The molecule has 1 heterocycles. The van der Waals surface area contributed by atoms with Crippen LogP contribution in [0.4, 0.5) is 0 Å². The molecule has 8 atom stereocenters. The zero-order chi connectivity index (χ0) is 30.9. The Bertz CT molecular complexity index is 1470. The Balaban J connectivity index is 1.27. The van der Waals surface area contributed by atoms with E-state index in [9.17, 15) is 23.4 Å². The van der Waals surface area contributed by atoms with Gasteiger partial charge in [0.15, 0.2) is 0 Å². The minimum absolute atomic E-state index is 0.0499. The first kappa shape index (κ1) is 31.6. The van der Waals surface area contributed by atoms with Gasteiger partial charge in [0, 0.05) is 17.5 Å². The molecule has 2 bridgehead atoms. The van der Waals surface area contributed by atoms with Gasteiger partial charge in [0.05, 0.1) is 30.7 Å². The summed E-state index contributed by atoms with van der Waals surface area (Å²) in [5.74, 6) is 6.57. The van der Waals surface area contributed by atoms with Crippen molar-refractivity contribution in [3.63, 3.8) is 0 Å². The van der Waals surface area contributed by atoms with Gasteiger partial charge in [0.25, 0.3) is 0 Å². The minimum atomic E-state index is -3.65. The molecule has 4 aliphatic rings. The molecule has 6 rings (SSSR count). The number of hydrogen-bond donors (Lipinski definition) is 4. The summed E-state index contributed by atoms with van der Waals surface area (Å²) in [6.07, 6.45) is 0.563. The number of aliphatic hydroxyl groups excluding tert-OH is 2. The summed E-state index contributed by atoms with van der Waals surface area (Å²) in [5.41, 5.74) is 1.81. The SMILES string of the molecule is CC(O)C1[C@H](CO)ON(Cc2cccc(C#CCNS(=O)(=O)c3ccccc3)c2)[C@@H]1C(=O)N[C@H]1C[C@H]2C[C@H]([C@@H]1C)C2(C)C. The van der Waals surface area contributed by atoms with E-state index in [1.807, 2.05) is 24.3 Å². The van der Waals surface area contributed by atoms with Crippen LogP contribution in [0, 0.1) is 40.9 Å². The molecular formula is C33H43N3O6S. The van der Waals surface area contributed by atoms with Crippen LogP contribution in [0.1, 0.15) is 51.7 Å². The highest BCUT2D eigenvalue weighted by Gasteiger charge is 2.57. The van der Waals surface area contributed by atoms with Crippen molar-refractivity contribution in [1.29, 1.82) is 0 Å². The van der Waals surface area contributed by atoms with E-state index in [-0.39, 0.29) is 36.5 Å². The lowest BCUT2D eigenvalue weighted by Crippen LogP contribution is -2.62. The molecule has 9 nitrogen and oxygen atoms in total. The van der Waals surface area contributed by atoms with E-state index in [2.05, 4.69) is 42.7 Å². The average molecular weight is 610 g/mol. The molecule has 4 fully saturated rings. The fourth-order valence-electron chi connectivity index (χ4n) is 7.37. The van der Waals surface area contributed by atoms with Gasteiger partial charge >= 0.3 is 0 Å². The van der Waals surface area contributed by atoms with Crippen molar-refractivity contribution in [2.45, 2.75) is 76.3 Å². The number of aliphatic hydroxyl groups is 2. The molecule has 3 aliphatic carbocycles. The monoisotopic (exact) mass is 609 g/mol. The topological polar surface area (TPSA) is 128 Å². The number of carbonyl (C=O) groups excluding carboxylic acids is 1. The molecule has 2 aromatic carbocycles. The van der Waals surface area contributed by atoms with Gasteiger partial charge in [-0.1, -0.05) is 62.9 Å². The lowest BCUT2D eigenvalue weighted by Gasteiger charge is -2.62. The van der Waals surface area contributed by atoms with Crippen molar-refractivity contribution in [3.05, 3.63) is 65.7 Å². The standard InChI is InChI=1S/C33H43N3O6S/c1-21-27-17-25(33(27,3)4)18-28(21)35-32(39)31-30(22(2)38)29(20-37)42-36(31)19-24-11-8-10-23(16-24)12-9-15-34-43(40,41)26-13-6-5-7-14-26/h5-8,10-11,13-14,16,21-22,25,27-31,34,37-38H,15,17-20H2,1-4H3,(H,35,39)/t21-,22?,25+,27+,28-,29-,30?,31-/m0/s1. The summed E-state index contributed by atoms with van der Waals surface area (Å²) >= 11 is 0. The number of carbonyl (C=O) groups is 1. The quantitative estimate of drug-likeness (QED) is 0.322. The molecule has 4 N–H and O–H groups in total. The number of hydroxylamine groups is 2. The molecule has 2 aromatic rings. The van der Waals surface area contributed by atoms with E-state index in [1.54, 1.807) is 30.2 Å². The first-order valence-corrected chi connectivity index (χ1v) is 16.6. The van der Waals surface area contributed by atoms with Gasteiger partial charge in [0.1, 0.15) is 12.1 Å². The third-order valence-corrected chi connectivity index (χ3v) is 11.4. The normalized spacial score (nSPS) is 30.5. The molecular weight excluding hydrogens is 566 g/mol. The molecule has 0 aromatic heterocycles. The predicted octanol–water partition coefficient (Wildman–Crippen LogP) is 2.68. The second kappa shape index (κ2) is 12.7. The molecule has 10 heteroatoms. The Kier molecular flexibility index (Phi) is 9.33. The first-order chi connectivity index (χ1) is 20.4. The molecule has 2 unspecified atom stereocenters. The summed E-state index contributed by atoms with van der Waals surface area (Å²) in [6, 6.07) is 14.8. The molecule has 232 valence electrons. The predicted molar refractivity (Wildman–Crippen MR) is 163 cm³/mol. The summed E-state index contributed by atoms with van der Waals surface area (Å²) < 4.78 is 27.3. The van der Waals surface area contributed by atoms with Gasteiger partial charge in [-0.3, -0.25) is 9.63 Å². The van der Waals surface area contributed by atoms with Crippen LogP contribution in [0.15, 0.2) is 59.5 Å². The van der Waals surface area contributed by atoms with Crippen LogP contribution in [0.3, 0.4) is 0 Å². The van der Waals surface area contributed by atoms with Crippen LogP contribution in [-0.2, 0) is 26.2 Å². The number of nitrogens with one attached hydrogen (secondary N) is 2. The van der Waals surface area contributed by atoms with Gasteiger partial charge in [-0.25, -0.2) is 8.42 Å². The number of rotatable bonds is 9. The van der Waals surface area contributed by atoms with Crippen LogP contribution in [0.25, 0.3) is 0 Å². The molecule has 0 spiro atoms.